The molecule has 0 aromatic carbocycles. The number of likely N-dealkylation sites (tertiary alicyclic amines) is 1. The summed E-state index contributed by atoms with van der Waals surface area (Å²) in [4.78, 5) is 24.8. The van der Waals surface area contributed by atoms with E-state index in [2.05, 4.69) is 20.2 Å². The minimum Gasteiger partial charge on any atom is -0.334 e. The highest BCUT2D eigenvalue weighted by molar-refractivity contribution is 7.13. The number of carbonyl (C=O) groups excluding carboxylic acids is 1. The van der Waals surface area contributed by atoms with E-state index in [1.54, 1.807) is 10.9 Å². The normalized spacial score (nSPS) is 17.9. The van der Waals surface area contributed by atoms with Crippen molar-refractivity contribution in [3.05, 3.63) is 33.8 Å². The molecule has 1 fully saturated rings. The Morgan fingerprint density at radius 1 is 1.26 bits per heavy atom. The molecule has 142 valence electrons. The molecular weight excluding hydrogens is 364 g/mol. The van der Waals surface area contributed by atoms with Gasteiger partial charge in [-0.2, -0.15) is 10.1 Å². The van der Waals surface area contributed by atoms with E-state index in [-0.39, 0.29) is 11.9 Å². The standard InChI is InChI=1S/C18H22N6O2S/c1-11-15(27-12(2)20-11)18(25)24-8-6-4-5-7-14(24)16-21-17(26-22-16)13-9-19-23(3)10-13/h9-10,14H,4-8H2,1-3H3/t14-/m0/s1. The SMILES string of the molecule is Cc1nc(C)c(C(=O)N2CCCCC[C@H]2c2noc(-c3cnn(C)c3)n2)s1. The average molecular weight is 386 g/mol. The van der Waals surface area contributed by atoms with Crippen LogP contribution in [0.3, 0.4) is 0 Å². The quantitative estimate of drug-likeness (QED) is 0.686. The van der Waals surface area contributed by atoms with E-state index in [4.69, 9.17) is 4.52 Å². The number of rotatable bonds is 3. The van der Waals surface area contributed by atoms with Gasteiger partial charge >= 0.3 is 0 Å². The summed E-state index contributed by atoms with van der Waals surface area (Å²) in [5, 5.41) is 9.24. The fourth-order valence-corrected chi connectivity index (χ4v) is 4.38. The molecule has 0 aliphatic carbocycles. The monoisotopic (exact) mass is 386 g/mol. The van der Waals surface area contributed by atoms with Crippen molar-refractivity contribution in [3.8, 4) is 11.5 Å². The molecule has 0 saturated carbocycles. The van der Waals surface area contributed by atoms with Crippen LogP contribution in [0, 0.1) is 13.8 Å². The molecule has 0 unspecified atom stereocenters. The van der Waals surface area contributed by atoms with Gasteiger partial charge in [-0.05, 0) is 26.7 Å². The van der Waals surface area contributed by atoms with Crippen molar-refractivity contribution in [1.82, 2.24) is 29.8 Å². The fourth-order valence-electron chi connectivity index (χ4n) is 3.50. The Bertz CT molecular complexity index is 959. The van der Waals surface area contributed by atoms with Gasteiger partial charge in [-0.1, -0.05) is 18.0 Å². The van der Waals surface area contributed by atoms with Gasteiger partial charge in [-0.15, -0.1) is 11.3 Å². The Labute approximate surface area is 161 Å². The molecule has 3 aromatic rings. The van der Waals surface area contributed by atoms with Crippen molar-refractivity contribution >= 4 is 17.2 Å². The Morgan fingerprint density at radius 2 is 2.11 bits per heavy atom. The van der Waals surface area contributed by atoms with Gasteiger partial charge in [0.25, 0.3) is 11.8 Å². The van der Waals surface area contributed by atoms with Crippen molar-refractivity contribution in [1.29, 1.82) is 0 Å². The second-order valence-electron chi connectivity index (χ2n) is 6.87. The molecule has 0 bridgehead atoms. The van der Waals surface area contributed by atoms with Crippen molar-refractivity contribution in [2.45, 2.75) is 45.6 Å². The van der Waals surface area contributed by atoms with E-state index in [0.717, 1.165) is 41.9 Å². The predicted octanol–water partition coefficient (Wildman–Crippen LogP) is 3.30. The van der Waals surface area contributed by atoms with Gasteiger partial charge in [0.2, 0.25) is 0 Å². The van der Waals surface area contributed by atoms with Crippen molar-refractivity contribution in [2.24, 2.45) is 7.05 Å². The second-order valence-corrected chi connectivity index (χ2v) is 8.07. The zero-order valence-electron chi connectivity index (χ0n) is 15.7. The minimum atomic E-state index is -0.184. The van der Waals surface area contributed by atoms with Gasteiger partial charge in [-0.3, -0.25) is 9.48 Å². The van der Waals surface area contributed by atoms with Gasteiger partial charge in [0.05, 0.1) is 28.5 Å². The second kappa shape index (κ2) is 7.22. The number of aryl methyl sites for hydroxylation is 3. The van der Waals surface area contributed by atoms with Crippen LogP contribution in [0.1, 0.15) is 57.9 Å². The topological polar surface area (TPSA) is 89.9 Å². The molecule has 9 heteroatoms. The van der Waals surface area contributed by atoms with E-state index >= 15 is 0 Å². The van der Waals surface area contributed by atoms with Crippen LogP contribution >= 0.6 is 11.3 Å². The van der Waals surface area contributed by atoms with Crippen LogP contribution in [0.4, 0.5) is 0 Å². The van der Waals surface area contributed by atoms with Crippen LogP contribution in [0.2, 0.25) is 0 Å². The third-order valence-electron chi connectivity index (χ3n) is 4.80. The lowest BCUT2D eigenvalue weighted by Gasteiger charge is -2.27. The summed E-state index contributed by atoms with van der Waals surface area (Å²) in [7, 11) is 1.84. The summed E-state index contributed by atoms with van der Waals surface area (Å²) >= 11 is 1.45. The largest absolute Gasteiger partial charge is 0.334 e. The third kappa shape index (κ3) is 3.51. The van der Waals surface area contributed by atoms with Gasteiger partial charge in [0.1, 0.15) is 4.88 Å². The molecule has 4 rings (SSSR count). The summed E-state index contributed by atoms with van der Waals surface area (Å²) in [5.41, 5.74) is 1.56. The molecule has 0 spiro atoms. The van der Waals surface area contributed by atoms with E-state index in [1.807, 2.05) is 32.0 Å². The van der Waals surface area contributed by atoms with Crippen LogP contribution < -0.4 is 0 Å². The van der Waals surface area contributed by atoms with E-state index in [9.17, 15) is 4.79 Å². The third-order valence-corrected chi connectivity index (χ3v) is 5.86. The minimum absolute atomic E-state index is 0.0118. The number of thiazole rings is 1. The molecule has 1 atom stereocenters. The number of carbonyl (C=O) groups is 1. The molecular formula is C18H22N6O2S. The van der Waals surface area contributed by atoms with Crippen LogP contribution in [0.15, 0.2) is 16.9 Å². The molecule has 1 saturated heterocycles. The van der Waals surface area contributed by atoms with Gasteiger partial charge in [0, 0.05) is 19.8 Å². The number of aromatic nitrogens is 5. The zero-order valence-corrected chi connectivity index (χ0v) is 16.5. The summed E-state index contributed by atoms with van der Waals surface area (Å²) < 4.78 is 7.15. The van der Waals surface area contributed by atoms with Crippen LogP contribution in [0.25, 0.3) is 11.5 Å². The molecule has 1 aliphatic rings. The van der Waals surface area contributed by atoms with Crippen LogP contribution in [-0.2, 0) is 7.05 Å². The summed E-state index contributed by atoms with van der Waals surface area (Å²) in [5.74, 6) is 1.00. The molecule has 4 heterocycles. The summed E-state index contributed by atoms with van der Waals surface area (Å²) in [6.07, 6.45) is 7.45. The molecule has 0 radical (unpaired) electrons. The van der Waals surface area contributed by atoms with Crippen LogP contribution in [-0.4, -0.2) is 42.3 Å². The van der Waals surface area contributed by atoms with Crippen molar-refractivity contribution in [3.63, 3.8) is 0 Å². The van der Waals surface area contributed by atoms with E-state index in [0.29, 0.717) is 23.1 Å². The highest BCUT2D eigenvalue weighted by Crippen LogP contribution is 2.32. The van der Waals surface area contributed by atoms with Gasteiger partial charge in [0.15, 0.2) is 5.82 Å². The number of hydrogen-bond donors (Lipinski definition) is 0. The maximum atomic E-state index is 13.2. The first kappa shape index (κ1) is 17.8. The Hall–Kier alpha value is -2.55. The maximum absolute atomic E-state index is 13.2. The maximum Gasteiger partial charge on any atom is 0.266 e. The lowest BCUT2D eigenvalue weighted by Crippen LogP contribution is -2.35. The van der Waals surface area contributed by atoms with Crippen LogP contribution in [0.5, 0.6) is 0 Å². The Morgan fingerprint density at radius 3 is 2.81 bits per heavy atom. The molecule has 0 N–H and O–H groups in total. The molecule has 8 nitrogen and oxygen atoms in total. The van der Waals surface area contributed by atoms with Gasteiger partial charge in [-0.25, -0.2) is 4.98 Å². The highest BCUT2D eigenvalue weighted by Gasteiger charge is 2.32. The van der Waals surface area contributed by atoms with E-state index < -0.39 is 0 Å². The summed E-state index contributed by atoms with van der Waals surface area (Å²) in [6, 6.07) is -0.184. The molecule has 1 amide bonds. The first-order valence-corrected chi connectivity index (χ1v) is 9.92. The van der Waals surface area contributed by atoms with Gasteiger partial charge < -0.3 is 9.42 Å². The first-order valence-electron chi connectivity index (χ1n) is 9.10. The molecule has 3 aromatic heterocycles. The van der Waals surface area contributed by atoms with E-state index in [1.165, 1.54) is 11.3 Å². The fraction of sp³-hybridized carbons (Fsp3) is 0.500. The predicted molar refractivity (Wildman–Crippen MR) is 100 cm³/mol. The molecule has 27 heavy (non-hydrogen) atoms. The lowest BCUT2D eigenvalue weighted by molar-refractivity contribution is 0.0674. The number of nitrogens with zero attached hydrogens (tertiary/aromatic N) is 6. The summed E-state index contributed by atoms with van der Waals surface area (Å²) in [6.45, 7) is 4.50. The Balaban J connectivity index is 1.65. The zero-order chi connectivity index (χ0) is 19.0. The highest BCUT2D eigenvalue weighted by atomic mass is 32.1. The Kier molecular flexibility index (Phi) is 4.77. The number of hydrogen-bond acceptors (Lipinski definition) is 7. The average Bonchev–Trinajstić information content (AvgIpc) is 3.31. The first-order chi connectivity index (χ1) is 13.0. The van der Waals surface area contributed by atoms with Crippen molar-refractivity contribution in [2.75, 3.05) is 6.54 Å². The lowest BCUT2D eigenvalue weighted by atomic mass is 10.1. The molecule has 1 aliphatic heterocycles. The smallest absolute Gasteiger partial charge is 0.266 e. The number of amides is 1. The van der Waals surface area contributed by atoms with Crippen molar-refractivity contribution < 1.29 is 9.32 Å².